The number of hydrogen-bond donors (Lipinski definition) is 2. The summed E-state index contributed by atoms with van der Waals surface area (Å²) < 4.78 is 5.32. The van der Waals surface area contributed by atoms with Gasteiger partial charge in [0.1, 0.15) is 12.1 Å². The summed E-state index contributed by atoms with van der Waals surface area (Å²) in [5.74, 6) is -1.29. The lowest BCUT2D eigenvalue weighted by Crippen LogP contribution is -2.29. The second kappa shape index (κ2) is 9.20. The first kappa shape index (κ1) is 17.3. The maximum atomic E-state index is 11.7. The topological polar surface area (TPSA) is 138 Å². The van der Waals surface area contributed by atoms with E-state index >= 15 is 0 Å². The summed E-state index contributed by atoms with van der Waals surface area (Å²) >= 11 is 0. The number of hydrogen-bond acceptors (Lipinski definition) is 5. The monoisotopic (exact) mass is 298 g/mol. The number of carbonyl (C=O) groups is 2. The third kappa shape index (κ3) is 6.46. The Morgan fingerprint density at radius 2 is 2.14 bits per heavy atom. The zero-order chi connectivity index (χ0) is 15.7. The average molecular weight is 298 g/mol. The number of rotatable bonds is 9. The molecule has 0 bridgehead atoms. The van der Waals surface area contributed by atoms with Crippen LogP contribution in [0, 0.1) is 0 Å². The summed E-state index contributed by atoms with van der Waals surface area (Å²) in [5, 5.41) is 12.3. The second-order valence-electron chi connectivity index (χ2n) is 5.28. The SMILES string of the molecule is [N-]=[N+]=NC1CCCC1OC(=O)CCCCC[C@H](N)C(=O)O. The molecule has 1 aliphatic carbocycles. The highest BCUT2D eigenvalue weighted by Gasteiger charge is 2.29. The van der Waals surface area contributed by atoms with Crippen molar-refractivity contribution < 1.29 is 19.4 Å². The summed E-state index contributed by atoms with van der Waals surface area (Å²) in [6.07, 6.45) is 4.85. The van der Waals surface area contributed by atoms with Gasteiger partial charge in [0.25, 0.3) is 0 Å². The van der Waals surface area contributed by atoms with Crippen LogP contribution in [0.3, 0.4) is 0 Å². The molecule has 1 fully saturated rings. The van der Waals surface area contributed by atoms with Gasteiger partial charge >= 0.3 is 11.9 Å². The van der Waals surface area contributed by atoms with Gasteiger partial charge in [0.05, 0.1) is 6.04 Å². The molecule has 21 heavy (non-hydrogen) atoms. The predicted molar refractivity (Wildman–Crippen MR) is 75.4 cm³/mol. The van der Waals surface area contributed by atoms with Crippen LogP contribution in [0.1, 0.15) is 51.4 Å². The van der Waals surface area contributed by atoms with E-state index in [2.05, 4.69) is 10.0 Å². The Kier molecular flexibility index (Phi) is 7.56. The molecule has 0 aromatic carbocycles. The van der Waals surface area contributed by atoms with Crippen molar-refractivity contribution in [3.63, 3.8) is 0 Å². The molecule has 8 nitrogen and oxygen atoms in total. The summed E-state index contributed by atoms with van der Waals surface area (Å²) in [6.45, 7) is 0. The molecule has 0 spiro atoms. The Balaban J connectivity index is 2.14. The van der Waals surface area contributed by atoms with Crippen molar-refractivity contribution in [1.82, 2.24) is 0 Å². The van der Waals surface area contributed by atoms with Crippen LogP contribution in [-0.4, -0.2) is 35.2 Å². The maximum absolute atomic E-state index is 11.7. The van der Waals surface area contributed by atoms with Crippen LogP contribution in [-0.2, 0) is 14.3 Å². The number of nitrogens with two attached hydrogens (primary N) is 1. The molecule has 0 aliphatic heterocycles. The molecule has 3 N–H and O–H groups in total. The molecule has 1 aliphatic rings. The van der Waals surface area contributed by atoms with E-state index in [4.69, 9.17) is 21.1 Å². The van der Waals surface area contributed by atoms with Gasteiger partial charge in [0.15, 0.2) is 0 Å². The van der Waals surface area contributed by atoms with Crippen molar-refractivity contribution in [2.24, 2.45) is 10.8 Å². The van der Waals surface area contributed by atoms with Crippen LogP contribution >= 0.6 is 0 Å². The molecule has 0 radical (unpaired) electrons. The van der Waals surface area contributed by atoms with E-state index in [1.165, 1.54) is 0 Å². The fourth-order valence-corrected chi connectivity index (χ4v) is 2.40. The Morgan fingerprint density at radius 1 is 1.38 bits per heavy atom. The van der Waals surface area contributed by atoms with Gasteiger partial charge in [0, 0.05) is 11.3 Å². The standard InChI is InChI=1S/C13H22N4O4/c14-9(13(19)20)5-2-1-3-8-12(18)21-11-7-4-6-10(11)16-17-15/h9-11H,1-8,14H2,(H,19,20)/t9-,10?,11?/m0/s1. The number of aliphatic carboxylic acids is 1. The quantitative estimate of drug-likeness (QED) is 0.221. The Morgan fingerprint density at radius 3 is 2.81 bits per heavy atom. The molecular formula is C13H22N4O4. The van der Waals surface area contributed by atoms with Gasteiger partial charge in [-0.05, 0) is 37.6 Å². The van der Waals surface area contributed by atoms with Gasteiger partial charge in [-0.1, -0.05) is 18.0 Å². The number of carbonyl (C=O) groups excluding carboxylic acids is 1. The lowest BCUT2D eigenvalue weighted by molar-refractivity contribution is -0.149. The fraction of sp³-hybridized carbons (Fsp3) is 0.846. The van der Waals surface area contributed by atoms with Gasteiger partial charge in [-0.25, -0.2) is 0 Å². The van der Waals surface area contributed by atoms with Gasteiger partial charge in [-0.2, -0.15) is 0 Å². The van der Waals surface area contributed by atoms with Crippen LogP contribution in [0.2, 0.25) is 0 Å². The number of ether oxygens (including phenoxy) is 1. The molecule has 118 valence electrons. The zero-order valence-electron chi connectivity index (χ0n) is 12.0. The number of nitrogens with zero attached hydrogens (tertiary/aromatic N) is 3. The van der Waals surface area contributed by atoms with Crippen LogP contribution in [0.15, 0.2) is 5.11 Å². The van der Waals surface area contributed by atoms with Crippen LogP contribution in [0.25, 0.3) is 10.4 Å². The van der Waals surface area contributed by atoms with E-state index < -0.39 is 12.0 Å². The van der Waals surface area contributed by atoms with Crippen molar-refractivity contribution in [2.45, 2.75) is 69.6 Å². The smallest absolute Gasteiger partial charge is 0.320 e. The molecule has 0 aromatic rings. The minimum atomic E-state index is -1.00. The number of azide groups is 1. The van der Waals surface area contributed by atoms with E-state index in [0.29, 0.717) is 25.7 Å². The largest absolute Gasteiger partial charge is 0.480 e. The van der Waals surface area contributed by atoms with Gasteiger partial charge < -0.3 is 15.6 Å². The minimum Gasteiger partial charge on any atom is -0.480 e. The van der Waals surface area contributed by atoms with E-state index in [9.17, 15) is 9.59 Å². The van der Waals surface area contributed by atoms with Crippen molar-refractivity contribution in [1.29, 1.82) is 0 Å². The molecule has 1 saturated carbocycles. The number of esters is 1. The van der Waals surface area contributed by atoms with Crippen LogP contribution in [0.5, 0.6) is 0 Å². The first-order chi connectivity index (χ1) is 10.0. The number of unbranched alkanes of at least 4 members (excludes halogenated alkanes) is 2. The van der Waals surface area contributed by atoms with Gasteiger partial charge in [-0.15, -0.1) is 0 Å². The normalized spacial score (nSPS) is 22.3. The summed E-state index contributed by atoms with van der Waals surface area (Å²) in [5.41, 5.74) is 13.8. The molecule has 0 saturated heterocycles. The Hall–Kier alpha value is -1.79. The second-order valence-corrected chi connectivity index (χ2v) is 5.28. The summed E-state index contributed by atoms with van der Waals surface area (Å²) in [6, 6.07) is -1.08. The highest BCUT2D eigenvalue weighted by Crippen LogP contribution is 2.25. The molecule has 0 aromatic heterocycles. The summed E-state index contributed by atoms with van der Waals surface area (Å²) in [4.78, 5) is 25.0. The predicted octanol–water partition coefficient (Wildman–Crippen LogP) is 2.12. The van der Waals surface area contributed by atoms with E-state index in [1.54, 1.807) is 0 Å². The third-order valence-electron chi connectivity index (χ3n) is 3.61. The Labute approximate surface area is 123 Å². The summed E-state index contributed by atoms with van der Waals surface area (Å²) in [7, 11) is 0. The molecule has 3 atom stereocenters. The molecule has 0 heterocycles. The highest BCUT2D eigenvalue weighted by atomic mass is 16.5. The Bertz CT molecular complexity index is 409. The maximum Gasteiger partial charge on any atom is 0.320 e. The molecule has 1 rings (SSSR count). The first-order valence-corrected chi connectivity index (χ1v) is 7.26. The molecular weight excluding hydrogens is 276 g/mol. The van der Waals surface area contributed by atoms with E-state index in [0.717, 1.165) is 25.7 Å². The lowest BCUT2D eigenvalue weighted by atomic mass is 10.1. The fourth-order valence-electron chi connectivity index (χ4n) is 2.40. The van der Waals surface area contributed by atoms with Crippen molar-refractivity contribution in [2.75, 3.05) is 0 Å². The third-order valence-corrected chi connectivity index (χ3v) is 3.61. The average Bonchev–Trinajstić information content (AvgIpc) is 2.85. The van der Waals surface area contributed by atoms with Crippen LogP contribution < -0.4 is 5.73 Å². The van der Waals surface area contributed by atoms with Gasteiger partial charge in [-0.3, -0.25) is 9.59 Å². The molecule has 0 amide bonds. The zero-order valence-corrected chi connectivity index (χ0v) is 12.0. The first-order valence-electron chi connectivity index (χ1n) is 7.26. The molecule has 2 unspecified atom stereocenters. The molecule has 8 heteroatoms. The van der Waals surface area contributed by atoms with E-state index in [1.807, 2.05) is 0 Å². The van der Waals surface area contributed by atoms with E-state index in [-0.39, 0.29) is 18.1 Å². The van der Waals surface area contributed by atoms with Crippen LogP contribution in [0.4, 0.5) is 0 Å². The number of carboxylic acid groups (broad SMARTS) is 1. The van der Waals surface area contributed by atoms with Crippen molar-refractivity contribution >= 4 is 11.9 Å². The lowest BCUT2D eigenvalue weighted by Gasteiger charge is -2.16. The number of carboxylic acids is 1. The van der Waals surface area contributed by atoms with Gasteiger partial charge in [0.2, 0.25) is 0 Å². The highest BCUT2D eigenvalue weighted by molar-refractivity contribution is 5.73. The van der Waals surface area contributed by atoms with Crippen molar-refractivity contribution in [3.05, 3.63) is 10.4 Å². The minimum absolute atomic E-state index is 0.243. The van der Waals surface area contributed by atoms with Crippen molar-refractivity contribution in [3.8, 4) is 0 Å².